The summed E-state index contributed by atoms with van der Waals surface area (Å²) in [6.45, 7) is 14.2. The molecule has 0 bridgehead atoms. The van der Waals surface area contributed by atoms with Gasteiger partial charge in [0.25, 0.3) is 0 Å². The molecule has 1 nitrogen and oxygen atoms in total. The SMILES string of the molecule is CC[C@H](/C=C/[C@@H](C)[C@H]1CC[C@H]2[C@@H]3C[C@@H](F)C4=CC(=O)CC[C@]4(C)[C@H]3CC[C@]12C)C(C)C. The van der Waals surface area contributed by atoms with Crippen molar-refractivity contribution in [1.82, 2.24) is 0 Å². The van der Waals surface area contributed by atoms with Crippen LogP contribution in [-0.2, 0) is 4.79 Å². The number of halogens is 1. The van der Waals surface area contributed by atoms with Crippen LogP contribution in [0.1, 0.15) is 92.9 Å². The molecule has 0 unspecified atom stereocenters. The predicted molar refractivity (Wildman–Crippen MR) is 127 cm³/mol. The molecule has 0 aromatic rings. The minimum Gasteiger partial charge on any atom is -0.295 e. The topological polar surface area (TPSA) is 17.1 Å². The van der Waals surface area contributed by atoms with Gasteiger partial charge in [-0.1, -0.05) is 53.7 Å². The molecule has 0 radical (unpaired) electrons. The highest BCUT2D eigenvalue weighted by molar-refractivity contribution is 5.91. The van der Waals surface area contributed by atoms with Crippen LogP contribution >= 0.6 is 0 Å². The van der Waals surface area contributed by atoms with Crippen molar-refractivity contribution in [3.8, 4) is 0 Å². The summed E-state index contributed by atoms with van der Waals surface area (Å²) in [6.07, 6.45) is 14.2. The largest absolute Gasteiger partial charge is 0.295 e. The number of alkyl halides is 1. The molecule has 9 atom stereocenters. The van der Waals surface area contributed by atoms with Crippen molar-refractivity contribution < 1.29 is 9.18 Å². The average Bonchev–Trinajstić information content (AvgIpc) is 3.07. The molecular formula is C29H45FO. The lowest BCUT2D eigenvalue weighted by atomic mass is 9.46. The van der Waals surface area contributed by atoms with Gasteiger partial charge in [0.15, 0.2) is 5.78 Å². The fourth-order valence-corrected chi connectivity index (χ4v) is 8.74. The first kappa shape index (κ1) is 23.2. The second kappa shape index (κ2) is 8.45. The number of fused-ring (bicyclic) bond motifs is 5. The number of carbonyl (C=O) groups is 1. The number of rotatable bonds is 5. The maximum absolute atomic E-state index is 15.4. The predicted octanol–water partition coefficient (Wildman–Crippen LogP) is 7.96. The van der Waals surface area contributed by atoms with Crippen molar-refractivity contribution >= 4 is 5.78 Å². The van der Waals surface area contributed by atoms with Gasteiger partial charge in [0.05, 0.1) is 0 Å². The minimum absolute atomic E-state index is 0.0905. The van der Waals surface area contributed by atoms with Gasteiger partial charge in [0.2, 0.25) is 0 Å². The first-order valence-electron chi connectivity index (χ1n) is 13.2. The van der Waals surface area contributed by atoms with Crippen LogP contribution in [0.15, 0.2) is 23.8 Å². The van der Waals surface area contributed by atoms with Crippen molar-refractivity contribution in [3.63, 3.8) is 0 Å². The van der Waals surface area contributed by atoms with Crippen LogP contribution < -0.4 is 0 Å². The Labute approximate surface area is 190 Å². The molecule has 4 aliphatic rings. The summed E-state index contributed by atoms with van der Waals surface area (Å²) in [7, 11) is 0. The summed E-state index contributed by atoms with van der Waals surface area (Å²) in [5, 5.41) is 0. The van der Waals surface area contributed by atoms with Gasteiger partial charge >= 0.3 is 0 Å². The lowest BCUT2D eigenvalue weighted by molar-refractivity contribution is -0.118. The number of hydrogen-bond donors (Lipinski definition) is 0. The van der Waals surface area contributed by atoms with E-state index in [4.69, 9.17) is 0 Å². The molecule has 0 aliphatic heterocycles. The van der Waals surface area contributed by atoms with Crippen molar-refractivity contribution in [1.29, 1.82) is 0 Å². The second-order valence-corrected chi connectivity index (χ2v) is 12.4. The molecule has 174 valence electrons. The fourth-order valence-electron chi connectivity index (χ4n) is 8.74. The van der Waals surface area contributed by atoms with Gasteiger partial charge < -0.3 is 0 Å². The van der Waals surface area contributed by atoms with Gasteiger partial charge in [0.1, 0.15) is 6.17 Å². The number of carbonyl (C=O) groups excluding carboxylic acids is 1. The zero-order valence-corrected chi connectivity index (χ0v) is 20.8. The van der Waals surface area contributed by atoms with E-state index < -0.39 is 6.17 Å². The first-order chi connectivity index (χ1) is 14.6. The smallest absolute Gasteiger partial charge is 0.155 e. The Morgan fingerprint density at radius 1 is 1.10 bits per heavy atom. The maximum Gasteiger partial charge on any atom is 0.155 e. The molecule has 3 saturated carbocycles. The van der Waals surface area contributed by atoms with E-state index in [0.717, 1.165) is 17.9 Å². The van der Waals surface area contributed by atoms with E-state index in [2.05, 4.69) is 53.7 Å². The Bertz CT molecular complexity index is 750. The van der Waals surface area contributed by atoms with Gasteiger partial charge in [-0.05, 0) is 109 Å². The summed E-state index contributed by atoms with van der Waals surface area (Å²) in [5.41, 5.74) is 1.10. The Hall–Kier alpha value is -0.920. The van der Waals surface area contributed by atoms with Gasteiger partial charge in [-0.3, -0.25) is 4.79 Å². The summed E-state index contributed by atoms with van der Waals surface area (Å²) in [6, 6.07) is 0. The molecule has 0 aromatic heterocycles. The van der Waals surface area contributed by atoms with Crippen LogP contribution in [0.3, 0.4) is 0 Å². The zero-order valence-electron chi connectivity index (χ0n) is 20.8. The fraction of sp³-hybridized carbons (Fsp3) is 0.828. The number of ketones is 1. The van der Waals surface area contributed by atoms with Crippen molar-refractivity contribution in [2.45, 2.75) is 99.1 Å². The molecule has 0 heterocycles. The molecule has 31 heavy (non-hydrogen) atoms. The van der Waals surface area contributed by atoms with Crippen molar-refractivity contribution in [2.75, 3.05) is 0 Å². The van der Waals surface area contributed by atoms with Crippen molar-refractivity contribution in [2.24, 2.45) is 52.3 Å². The average molecular weight is 429 g/mol. The molecule has 0 aromatic carbocycles. The highest BCUT2D eigenvalue weighted by Gasteiger charge is 2.61. The number of hydrogen-bond acceptors (Lipinski definition) is 1. The van der Waals surface area contributed by atoms with Crippen LogP contribution in [0.2, 0.25) is 0 Å². The van der Waals surface area contributed by atoms with Crippen LogP contribution in [0.4, 0.5) is 4.39 Å². The first-order valence-corrected chi connectivity index (χ1v) is 13.2. The van der Waals surface area contributed by atoms with E-state index in [1.54, 1.807) is 6.08 Å². The Morgan fingerprint density at radius 2 is 1.84 bits per heavy atom. The standard InChI is InChI=1S/C29H45FO/c1-7-20(18(2)3)9-8-19(4)23-10-11-24-22-17-27(30)26-16-21(31)12-14-29(26,6)25(22)13-15-28(23,24)5/h8-9,16,18-20,22-25,27H,7,10-15,17H2,1-6H3/b9-8+/t19-,20-,22+,23-,24+,25+,27-,28-,29-/m1/s1. The van der Waals surface area contributed by atoms with E-state index in [-0.39, 0.29) is 11.2 Å². The van der Waals surface area contributed by atoms with E-state index in [0.29, 0.717) is 53.8 Å². The molecule has 4 rings (SSSR count). The summed E-state index contributed by atoms with van der Waals surface area (Å²) in [5.74, 6) is 4.53. The highest BCUT2D eigenvalue weighted by Crippen LogP contribution is 2.67. The minimum atomic E-state index is -0.912. The zero-order chi connectivity index (χ0) is 22.6. The number of allylic oxidation sites excluding steroid dienone is 3. The van der Waals surface area contributed by atoms with Gasteiger partial charge in [-0.2, -0.15) is 0 Å². The third-order valence-electron chi connectivity index (χ3n) is 10.6. The van der Waals surface area contributed by atoms with Crippen LogP contribution in [0, 0.1) is 52.3 Å². The Kier molecular flexibility index (Phi) is 6.34. The van der Waals surface area contributed by atoms with Crippen molar-refractivity contribution in [3.05, 3.63) is 23.8 Å². The molecule has 3 fully saturated rings. The third-order valence-corrected chi connectivity index (χ3v) is 10.6. The quantitative estimate of drug-likeness (QED) is 0.406. The van der Waals surface area contributed by atoms with E-state index in [1.165, 1.54) is 32.1 Å². The van der Waals surface area contributed by atoms with E-state index in [1.807, 2.05) is 0 Å². The lowest BCUT2D eigenvalue weighted by Gasteiger charge is -2.59. The Morgan fingerprint density at radius 3 is 2.52 bits per heavy atom. The summed E-state index contributed by atoms with van der Waals surface area (Å²) < 4.78 is 15.4. The normalized spacial score (nSPS) is 44.6. The molecule has 0 amide bonds. The van der Waals surface area contributed by atoms with Crippen LogP contribution in [-0.4, -0.2) is 12.0 Å². The molecular weight excluding hydrogens is 383 g/mol. The van der Waals surface area contributed by atoms with Crippen LogP contribution in [0.25, 0.3) is 0 Å². The van der Waals surface area contributed by atoms with Crippen LogP contribution in [0.5, 0.6) is 0 Å². The monoisotopic (exact) mass is 428 g/mol. The molecule has 2 heteroatoms. The highest BCUT2D eigenvalue weighted by atomic mass is 19.1. The molecule has 4 aliphatic carbocycles. The summed E-state index contributed by atoms with van der Waals surface area (Å²) >= 11 is 0. The van der Waals surface area contributed by atoms with Gasteiger partial charge in [-0.15, -0.1) is 0 Å². The lowest BCUT2D eigenvalue weighted by Crippen LogP contribution is -2.53. The molecule has 0 N–H and O–H groups in total. The molecule has 0 spiro atoms. The second-order valence-electron chi connectivity index (χ2n) is 12.4. The summed E-state index contributed by atoms with van der Waals surface area (Å²) in [4.78, 5) is 12.0. The maximum atomic E-state index is 15.4. The van der Waals surface area contributed by atoms with Gasteiger partial charge in [-0.25, -0.2) is 4.39 Å². The van der Waals surface area contributed by atoms with E-state index in [9.17, 15) is 4.79 Å². The van der Waals surface area contributed by atoms with Gasteiger partial charge in [0, 0.05) is 6.42 Å². The Balaban J connectivity index is 1.55. The molecule has 0 saturated heterocycles. The van der Waals surface area contributed by atoms with E-state index >= 15 is 4.39 Å². The third kappa shape index (κ3) is 3.78.